The summed E-state index contributed by atoms with van der Waals surface area (Å²) in [5, 5.41) is 3.21. The minimum absolute atomic E-state index is 0.0379. The monoisotopic (exact) mass is 464 g/mol. The summed E-state index contributed by atoms with van der Waals surface area (Å²) in [7, 11) is -2.48. The Morgan fingerprint density at radius 1 is 0.967 bits per heavy atom. The molecular formula is C21H18Cl2N2O4S. The molecular weight excluding hydrogens is 447 g/mol. The Morgan fingerprint density at radius 2 is 1.70 bits per heavy atom. The molecule has 0 radical (unpaired) electrons. The predicted molar refractivity (Wildman–Crippen MR) is 119 cm³/mol. The molecule has 0 aromatic heterocycles. The first kappa shape index (κ1) is 22.0. The summed E-state index contributed by atoms with van der Waals surface area (Å²) < 4.78 is 33.5. The number of methoxy groups -OCH3 is 1. The summed E-state index contributed by atoms with van der Waals surface area (Å²) in [5.41, 5.74) is 1.61. The number of benzene rings is 3. The summed E-state index contributed by atoms with van der Waals surface area (Å²) in [6, 6.07) is 15.7. The second kappa shape index (κ2) is 8.95. The number of carbonyl (C=O) groups excluding carboxylic acids is 1. The van der Waals surface area contributed by atoms with Crippen molar-refractivity contribution >= 4 is 50.5 Å². The lowest BCUT2D eigenvalue weighted by atomic mass is 10.2. The molecule has 3 aromatic rings. The number of hydrogen-bond acceptors (Lipinski definition) is 4. The van der Waals surface area contributed by atoms with Gasteiger partial charge >= 0.3 is 0 Å². The van der Waals surface area contributed by atoms with Gasteiger partial charge in [-0.05, 0) is 55.0 Å². The summed E-state index contributed by atoms with van der Waals surface area (Å²) in [6.45, 7) is 1.80. The molecule has 0 bridgehead atoms. The van der Waals surface area contributed by atoms with Crippen molar-refractivity contribution in [3.8, 4) is 5.75 Å². The number of anilines is 2. The van der Waals surface area contributed by atoms with Crippen LogP contribution in [0.1, 0.15) is 15.9 Å². The molecule has 0 aliphatic rings. The minimum Gasteiger partial charge on any atom is -0.495 e. The molecule has 0 spiro atoms. The van der Waals surface area contributed by atoms with Crippen LogP contribution in [0.3, 0.4) is 0 Å². The van der Waals surface area contributed by atoms with E-state index in [0.29, 0.717) is 16.5 Å². The van der Waals surface area contributed by atoms with E-state index in [9.17, 15) is 13.2 Å². The summed E-state index contributed by atoms with van der Waals surface area (Å²) >= 11 is 12.0. The number of hydrogen-bond donors (Lipinski definition) is 2. The average Bonchev–Trinajstić information content (AvgIpc) is 2.69. The van der Waals surface area contributed by atoms with Gasteiger partial charge in [-0.1, -0.05) is 41.4 Å². The van der Waals surface area contributed by atoms with Gasteiger partial charge in [-0.25, -0.2) is 8.42 Å². The summed E-state index contributed by atoms with van der Waals surface area (Å²) in [4.78, 5) is 12.6. The molecule has 0 aliphatic carbocycles. The SMILES string of the molecule is COc1ccc(S(=O)(=O)Nc2ccccc2C)cc1NC(=O)c1ccc(Cl)cc1Cl. The molecule has 0 aliphatic heterocycles. The molecule has 0 saturated heterocycles. The summed E-state index contributed by atoms with van der Waals surface area (Å²) in [6.07, 6.45) is 0. The van der Waals surface area contributed by atoms with E-state index in [4.69, 9.17) is 27.9 Å². The molecule has 0 unspecified atom stereocenters. The van der Waals surface area contributed by atoms with Gasteiger partial charge in [-0.3, -0.25) is 9.52 Å². The Labute approximate surface area is 184 Å². The van der Waals surface area contributed by atoms with E-state index in [1.807, 2.05) is 6.07 Å². The van der Waals surface area contributed by atoms with Gasteiger partial charge in [0.25, 0.3) is 15.9 Å². The van der Waals surface area contributed by atoms with Crippen LogP contribution in [0.2, 0.25) is 10.0 Å². The summed E-state index contributed by atoms with van der Waals surface area (Å²) in [5.74, 6) is -0.236. The molecule has 1 amide bonds. The van der Waals surface area contributed by atoms with Crippen LogP contribution in [0, 0.1) is 6.92 Å². The highest BCUT2D eigenvalue weighted by molar-refractivity contribution is 7.92. The van der Waals surface area contributed by atoms with Gasteiger partial charge in [-0.15, -0.1) is 0 Å². The van der Waals surface area contributed by atoms with Crippen molar-refractivity contribution in [3.63, 3.8) is 0 Å². The van der Waals surface area contributed by atoms with Gasteiger partial charge < -0.3 is 10.1 Å². The molecule has 156 valence electrons. The first-order valence-electron chi connectivity index (χ1n) is 8.74. The van der Waals surface area contributed by atoms with E-state index >= 15 is 0 Å². The third kappa shape index (κ3) is 4.87. The number of sulfonamides is 1. The lowest BCUT2D eigenvalue weighted by molar-refractivity contribution is 0.102. The Morgan fingerprint density at radius 3 is 2.37 bits per heavy atom. The van der Waals surface area contributed by atoms with Crippen LogP contribution in [-0.4, -0.2) is 21.4 Å². The average molecular weight is 465 g/mol. The molecule has 3 aromatic carbocycles. The van der Waals surface area contributed by atoms with Crippen molar-refractivity contribution in [1.82, 2.24) is 0 Å². The fraction of sp³-hybridized carbons (Fsp3) is 0.0952. The first-order chi connectivity index (χ1) is 14.2. The molecule has 0 saturated carbocycles. The molecule has 0 heterocycles. The Kier molecular flexibility index (Phi) is 6.55. The van der Waals surface area contributed by atoms with Crippen molar-refractivity contribution in [2.75, 3.05) is 17.1 Å². The lowest BCUT2D eigenvalue weighted by Gasteiger charge is -2.14. The van der Waals surface area contributed by atoms with Gasteiger partial charge in [0.2, 0.25) is 0 Å². The zero-order chi connectivity index (χ0) is 21.9. The Balaban J connectivity index is 1.93. The lowest BCUT2D eigenvalue weighted by Crippen LogP contribution is -2.16. The maximum atomic E-state index is 12.9. The van der Waals surface area contributed by atoms with Crippen molar-refractivity contribution < 1.29 is 17.9 Å². The van der Waals surface area contributed by atoms with E-state index in [0.717, 1.165) is 5.56 Å². The van der Waals surface area contributed by atoms with Crippen LogP contribution < -0.4 is 14.8 Å². The molecule has 3 rings (SSSR count). The quantitative estimate of drug-likeness (QED) is 0.513. The third-order valence-corrected chi connectivity index (χ3v) is 6.21. The smallest absolute Gasteiger partial charge is 0.261 e. The van der Waals surface area contributed by atoms with E-state index in [1.54, 1.807) is 25.1 Å². The highest BCUT2D eigenvalue weighted by Gasteiger charge is 2.19. The van der Waals surface area contributed by atoms with Crippen molar-refractivity contribution in [3.05, 3.63) is 81.8 Å². The van der Waals surface area contributed by atoms with Crippen LogP contribution in [0.5, 0.6) is 5.75 Å². The van der Waals surface area contributed by atoms with Crippen LogP contribution in [0.15, 0.2) is 65.6 Å². The van der Waals surface area contributed by atoms with Crippen LogP contribution in [-0.2, 0) is 10.0 Å². The largest absolute Gasteiger partial charge is 0.495 e. The molecule has 9 heteroatoms. The first-order valence-corrected chi connectivity index (χ1v) is 11.0. The van der Waals surface area contributed by atoms with Gasteiger partial charge in [0.05, 0.1) is 34.0 Å². The Hall–Kier alpha value is -2.74. The third-order valence-electron chi connectivity index (χ3n) is 4.29. The number of ether oxygens (including phenoxy) is 1. The standard InChI is InChI=1S/C21H18Cl2N2O4S/c1-13-5-3-4-6-18(13)25-30(27,28)15-8-10-20(29-2)19(12-15)24-21(26)16-9-7-14(22)11-17(16)23/h3-12,25H,1-2H3,(H,24,26). The zero-order valence-corrected chi connectivity index (χ0v) is 18.4. The van der Waals surface area contributed by atoms with E-state index in [-0.39, 0.29) is 21.2 Å². The second-order valence-electron chi connectivity index (χ2n) is 6.36. The maximum absolute atomic E-state index is 12.9. The molecule has 0 fully saturated rings. The van der Waals surface area contributed by atoms with E-state index < -0.39 is 15.9 Å². The molecule has 2 N–H and O–H groups in total. The van der Waals surface area contributed by atoms with Crippen LogP contribution >= 0.6 is 23.2 Å². The fourth-order valence-electron chi connectivity index (χ4n) is 2.71. The van der Waals surface area contributed by atoms with Crippen molar-refractivity contribution in [2.45, 2.75) is 11.8 Å². The zero-order valence-electron chi connectivity index (χ0n) is 16.1. The number of amides is 1. The number of carbonyl (C=O) groups is 1. The van der Waals surface area contributed by atoms with Crippen molar-refractivity contribution in [2.24, 2.45) is 0 Å². The van der Waals surface area contributed by atoms with Crippen molar-refractivity contribution in [1.29, 1.82) is 0 Å². The Bertz CT molecular complexity index is 1210. The van der Waals surface area contributed by atoms with Gasteiger partial charge in [0, 0.05) is 5.02 Å². The number of nitrogens with one attached hydrogen (secondary N) is 2. The number of rotatable bonds is 6. The number of halogens is 2. The molecule has 6 nitrogen and oxygen atoms in total. The fourth-order valence-corrected chi connectivity index (χ4v) is 4.36. The topological polar surface area (TPSA) is 84.5 Å². The molecule has 0 atom stereocenters. The normalized spacial score (nSPS) is 11.1. The predicted octanol–water partition coefficient (Wildman–Crippen LogP) is 5.36. The number of aryl methyl sites for hydroxylation is 1. The number of para-hydroxylation sites is 1. The highest BCUT2D eigenvalue weighted by Crippen LogP contribution is 2.30. The van der Waals surface area contributed by atoms with Crippen LogP contribution in [0.25, 0.3) is 0 Å². The molecule has 30 heavy (non-hydrogen) atoms. The highest BCUT2D eigenvalue weighted by atomic mass is 35.5. The van der Waals surface area contributed by atoms with E-state index in [2.05, 4.69) is 10.0 Å². The van der Waals surface area contributed by atoms with E-state index in [1.165, 1.54) is 43.5 Å². The maximum Gasteiger partial charge on any atom is 0.261 e. The minimum atomic E-state index is -3.90. The second-order valence-corrected chi connectivity index (χ2v) is 8.89. The van der Waals surface area contributed by atoms with Gasteiger partial charge in [-0.2, -0.15) is 0 Å². The van der Waals surface area contributed by atoms with Gasteiger partial charge in [0.15, 0.2) is 0 Å². The van der Waals surface area contributed by atoms with Gasteiger partial charge in [0.1, 0.15) is 5.75 Å². The van der Waals surface area contributed by atoms with Crippen LogP contribution in [0.4, 0.5) is 11.4 Å².